The second-order valence-corrected chi connectivity index (χ2v) is 7.87. The summed E-state index contributed by atoms with van der Waals surface area (Å²) in [6.07, 6.45) is 3.10. The molecule has 1 amide bonds. The Kier molecular flexibility index (Phi) is 3.50. The van der Waals surface area contributed by atoms with E-state index in [0.717, 1.165) is 18.6 Å². The van der Waals surface area contributed by atoms with E-state index < -0.39 is 0 Å². The summed E-state index contributed by atoms with van der Waals surface area (Å²) < 4.78 is 0. The second-order valence-electron chi connectivity index (χ2n) is 6.77. The number of thioether (sulfide) groups is 1. The van der Waals surface area contributed by atoms with Crippen LogP contribution in [-0.4, -0.2) is 23.5 Å². The molecule has 2 saturated heterocycles. The molecule has 0 aromatic rings. The predicted molar refractivity (Wildman–Crippen MR) is 74.2 cm³/mol. The van der Waals surface area contributed by atoms with Crippen molar-refractivity contribution in [1.29, 1.82) is 0 Å². The van der Waals surface area contributed by atoms with Gasteiger partial charge in [0.15, 0.2) is 0 Å². The van der Waals surface area contributed by atoms with Crippen LogP contribution in [0.3, 0.4) is 0 Å². The van der Waals surface area contributed by atoms with Crippen LogP contribution in [0.2, 0.25) is 0 Å². The SMILES string of the molecule is CC(C)CC1NC(=O)CC12CSCCC2(C)C. The van der Waals surface area contributed by atoms with E-state index >= 15 is 0 Å². The number of rotatable bonds is 2. The molecule has 3 heteroatoms. The molecule has 2 atom stereocenters. The summed E-state index contributed by atoms with van der Waals surface area (Å²) >= 11 is 2.03. The fraction of sp³-hybridized carbons (Fsp3) is 0.929. The summed E-state index contributed by atoms with van der Waals surface area (Å²) in [6.45, 7) is 9.23. The maximum Gasteiger partial charge on any atom is 0.220 e. The summed E-state index contributed by atoms with van der Waals surface area (Å²) in [6, 6.07) is 0.387. The van der Waals surface area contributed by atoms with Gasteiger partial charge in [-0.05, 0) is 29.9 Å². The van der Waals surface area contributed by atoms with E-state index in [-0.39, 0.29) is 16.7 Å². The van der Waals surface area contributed by atoms with Gasteiger partial charge in [-0.25, -0.2) is 0 Å². The van der Waals surface area contributed by atoms with Crippen molar-refractivity contribution in [3.8, 4) is 0 Å². The first kappa shape index (κ1) is 13.3. The average Bonchev–Trinajstić information content (AvgIpc) is 2.49. The summed E-state index contributed by atoms with van der Waals surface area (Å²) in [5.41, 5.74) is 0.480. The lowest BCUT2D eigenvalue weighted by molar-refractivity contribution is -0.120. The number of hydrogen-bond donors (Lipinski definition) is 1. The molecule has 0 aromatic heterocycles. The lowest BCUT2D eigenvalue weighted by Crippen LogP contribution is -2.51. The van der Waals surface area contributed by atoms with Crippen LogP contribution in [-0.2, 0) is 4.79 Å². The Morgan fingerprint density at radius 1 is 1.47 bits per heavy atom. The minimum Gasteiger partial charge on any atom is -0.353 e. The molecular formula is C14H25NOS. The molecule has 0 bridgehead atoms. The highest BCUT2D eigenvalue weighted by atomic mass is 32.2. The molecule has 2 nitrogen and oxygen atoms in total. The molecule has 17 heavy (non-hydrogen) atoms. The topological polar surface area (TPSA) is 29.1 Å². The van der Waals surface area contributed by atoms with Crippen LogP contribution < -0.4 is 5.32 Å². The van der Waals surface area contributed by atoms with Gasteiger partial charge in [0.05, 0.1) is 0 Å². The summed E-state index contributed by atoms with van der Waals surface area (Å²) in [5, 5.41) is 3.25. The van der Waals surface area contributed by atoms with E-state index in [9.17, 15) is 4.79 Å². The quantitative estimate of drug-likeness (QED) is 0.821. The molecule has 2 aliphatic heterocycles. The van der Waals surface area contributed by atoms with Crippen molar-refractivity contribution in [2.45, 2.75) is 53.0 Å². The monoisotopic (exact) mass is 255 g/mol. The van der Waals surface area contributed by atoms with Crippen molar-refractivity contribution in [2.24, 2.45) is 16.7 Å². The van der Waals surface area contributed by atoms with Gasteiger partial charge in [0.2, 0.25) is 5.91 Å². The Morgan fingerprint density at radius 2 is 2.18 bits per heavy atom. The fourth-order valence-electron chi connectivity index (χ4n) is 3.44. The molecule has 2 heterocycles. The van der Waals surface area contributed by atoms with E-state index in [1.807, 2.05) is 11.8 Å². The number of carbonyl (C=O) groups is 1. The van der Waals surface area contributed by atoms with Gasteiger partial charge in [-0.15, -0.1) is 0 Å². The van der Waals surface area contributed by atoms with Crippen molar-refractivity contribution < 1.29 is 4.79 Å². The van der Waals surface area contributed by atoms with E-state index in [2.05, 4.69) is 33.0 Å². The third-order valence-electron chi connectivity index (χ3n) is 4.76. The predicted octanol–water partition coefficient (Wildman–Crippen LogP) is 3.07. The molecule has 0 saturated carbocycles. The summed E-state index contributed by atoms with van der Waals surface area (Å²) in [5.74, 6) is 3.32. The van der Waals surface area contributed by atoms with Crippen LogP contribution in [0.15, 0.2) is 0 Å². The first-order valence-electron chi connectivity index (χ1n) is 6.74. The fourth-order valence-corrected chi connectivity index (χ4v) is 5.29. The van der Waals surface area contributed by atoms with Gasteiger partial charge < -0.3 is 5.32 Å². The maximum absolute atomic E-state index is 11.9. The molecule has 2 unspecified atom stereocenters. The lowest BCUT2D eigenvalue weighted by Gasteiger charge is -2.50. The van der Waals surface area contributed by atoms with Crippen molar-refractivity contribution >= 4 is 17.7 Å². The van der Waals surface area contributed by atoms with Crippen LogP contribution in [0.4, 0.5) is 0 Å². The number of hydrogen-bond acceptors (Lipinski definition) is 2. The molecule has 0 aromatic carbocycles. The maximum atomic E-state index is 11.9. The molecule has 1 N–H and O–H groups in total. The minimum absolute atomic E-state index is 0.192. The van der Waals surface area contributed by atoms with E-state index in [4.69, 9.17) is 0 Å². The van der Waals surface area contributed by atoms with Gasteiger partial charge in [-0.2, -0.15) is 11.8 Å². The first-order valence-corrected chi connectivity index (χ1v) is 7.90. The zero-order chi connectivity index (χ0) is 12.7. The van der Waals surface area contributed by atoms with Gasteiger partial charge in [-0.3, -0.25) is 4.79 Å². The molecular weight excluding hydrogens is 230 g/mol. The van der Waals surface area contributed by atoms with Gasteiger partial charge in [0.25, 0.3) is 0 Å². The largest absolute Gasteiger partial charge is 0.353 e. The van der Waals surface area contributed by atoms with Crippen LogP contribution in [0, 0.1) is 16.7 Å². The summed E-state index contributed by atoms with van der Waals surface area (Å²) in [4.78, 5) is 11.9. The van der Waals surface area contributed by atoms with Gasteiger partial charge in [0, 0.05) is 23.6 Å². The van der Waals surface area contributed by atoms with Gasteiger partial charge in [0.1, 0.15) is 0 Å². The first-order chi connectivity index (χ1) is 7.87. The Bertz CT molecular complexity index is 313. The third kappa shape index (κ3) is 2.23. The zero-order valence-corrected chi connectivity index (χ0v) is 12.3. The average molecular weight is 255 g/mol. The second kappa shape index (κ2) is 4.49. The van der Waals surface area contributed by atoms with Crippen LogP contribution in [0.5, 0.6) is 0 Å². The van der Waals surface area contributed by atoms with Gasteiger partial charge >= 0.3 is 0 Å². The highest BCUT2D eigenvalue weighted by Crippen LogP contribution is 2.55. The van der Waals surface area contributed by atoms with E-state index in [1.54, 1.807) is 0 Å². The Labute approximate surface area is 109 Å². The Balaban J connectivity index is 2.28. The molecule has 1 spiro atoms. The standard InChI is InChI=1S/C14H25NOS/c1-10(2)7-11-14(8-12(16)15-11)9-17-6-5-13(14,3)4/h10-11H,5-9H2,1-4H3,(H,15,16). The third-order valence-corrected chi connectivity index (χ3v) is 5.98. The van der Waals surface area contributed by atoms with E-state index in [0.29, 0.717) is 12.0 Å². The number of amides is 1. The highest BCUT2D eigenvalue weighted by molar-refractivity contribution is 7.99. The van der Waals surface area contributed by atoms with Gasteiger partial charge in [-0.1, -0.05) is 27.7 Å². The van der Waals surface area contributed by atoms with Crippen LogP contribution >= 0.6 is 11.8 Å². The Hall–Kier alpha value is -0.180. The van der Waals surface area contributed by atoms with E-state index in [1.165, 1.54) is 12.2 Å². The number of nitrogens with one attached hydrogen (secondary N) is 1. The summed E-state index contributed by atoms with van der Waals surface area (Å²) in [7, 11) is 0. The normalized spacial score (nSPS) is 36.5. The van der Waals surface area contributed by atoms with Crippen LogP contribution in [0.25, 0.3) is 0 Å². The lowest BCUT2D eigenvalue weighted by atomic mass is 9.59. The molecule has 98 valence electrons. The Morgan fingerprint density at radius 3 is 2.76 bits per heavy atom. The minimum atomic E-state index is 0.192. The van der Waals surface area contributed by atoms with Crippen molar-refractivity contribution in [3.63, 3.8) is 0 Å². The molecule has 0 radical (unpaired) electrons. The van der Waals surface area contributed by atoms with Crippen molar-refractivity contribution in [2.75, 3.05) is 11.5 Å². The molecule has 2 fully saturated rings. The number of carbonyl (C=O) groups excluding carboxylic acids is 1. The van der Waals surface area contributed by atoms with Crippen molar-refractivity contribution in [3.05, 3.63) is 0 Å². The zero-order valence-electron chi connectivity index (χ0n) is 11.5. The van der Waals surface area contributed by atoms with Crippen molar-refractivity contribution in [1.82, 2.24) is 5.32 Å². The van der Waals surface area contributed by atoms with Crippen LogP contribution in [0.1, 0.15) is 47.0 Å². The highest BCUT2D eigenvalue weighted by Gasteiger charge is 2.56. The molecule has 2 rings (SSSR count). The molecule has 2 aliphatic rings. The molecule has 0 aliphatic carbocycles. The smallest absolute Gasteiger partial charge is 0.220 e.